The minimum absolute atomic E-state index is 0.193. The molecule has 0 aliphatic carbocycles. The molecule has 1 unspecified atom stereocenters. The fourth-order valence-corrected chi connectivity index (χ4v) is 4.08. The topological polar surface area (TPSA) is 138 Å². The van der Waals surface area contributed by atoms with E-state index < -0.39 is 22.1 Å². The number of nitrogens with zero attached hydrogens (tertiary/aromatic N) is 2. The molecular formula is C15H25N5O4S. The molecule has 1 aliphatic heterocycles. The van der Waals surface area contributed by atoms with Crippen LogP contribution in [0.15, 0.2) is 17.6 Å². The number of aromatic nitrogens is 2. The number of amides is 1. The quantitative estimate of drug-likeness (QED) is 0.623. The number of rotatable bonds is 6. The highest BCUT2D eigenvalue weighted by atomic mass is 32.2. The Morgan fingerprint density at radius 3 is 2.84 bits per heavy atom. The third-order valence-corrected chi connectivity index (χ3v) is 5.76. The third kappa shape index (κ3) is 4.86. The predicted octanol–water partition coefficient (Wildman–Crippen LogP) is -0.378. The van der Waals surface area contributed by atoms with Gasteiger partial charge in [0.25, 0.3) is 10.0 Å². The number of aromatic amines is 1. The van der Waals surface area contributed by atoms with Crippen LogP contribution < -0.4 is 11.1 Å². The minimum atomic E-state index is -3.85. The molecule has 0 saturated carbocycles. The molecule has 0 spiro atoms. The number of hydrogen-bond donors (Lipinski definition) is 3. The molecule has 0 aromatic carbocycles. The molecule has 1 amide bonds. The summed E-state index contributed by atoms with van der Waals surface area (Å²) >= 11 is 0. The van der Waals surface area contributed by atoms with Crippen molar-refractivity contribution in [2.45, 2.75) is 50.4 Å². The van der Waals surface area contributed by atoms with E-state index in [1.807, 2.05) is 13.8 Å². The second-order valence-electron chi connectivity index (χ2n) is 6.64. The van der Waals surface area contributed by atoms with Crippen molar-refractivity contribution in [3.05, 3.63) is 12.4 Å². The molecule has 4 N–H and O–H groups in total. The zero-order chi connectivity index (χ0) is 18.6. The summed E-state index contributed by atoms with van der Waals surface area (Å²) < 4.78 is 26.0. The molecule has 10 heteroatoms. The van der Waals surface area contributed by atoms with Gasteiger partial charge in [-0.3, -0.25) is 9.59 Å². The van der Waals surface area contributed by atoms with E-state index in [1.54, 1.807) is 0 Å². The Labute approximate surface area is 147 Å². The summed E-state index contributed by atoms with van der Waals surface area (Å²) in [5.41, 5.74) is 5.84. The number of carbonyl (C=O) groups excluding carboxylic acids is 2. The zero-order valence-electron chi connectivity index (χ0n) is 14.4. The molecule has 2 atom stereocenters. The lowest BCUT2D eigenvalue weighted by atomic mass is 10.0. The van der Waals surface area contributed by atoms with E-state index in [9.17, 15) is 18.0 Å². The monoisotopic (exact) mass is 371 g/mol. The molecule has 0 bridgehead atoms. The average molecular weight is 371 g/mol. The highest BCUT2D eigenvalue weighted by Gasteiger charge is 2.34. The van der Waals surface area contributed by atoms with Crippen LogP contribution in [0, 0.1) is 5.92 Å². The van der Waals surface area contributed by atoms with Gasteiger partial charge >= 0.3 is 0 Å². The van der Waals surface area contributed by atoms with E-state index in [-0.39, 0.29) is 35.9 Å². The predicted molar refractivity (Wildman–Crippen MR) is 90.9 cm³/mol. The van der Waals surface area contributed by atoms with Crippen molar-refractivity contribution in [2.24, 2.45) is 11.7 Å². The van der Waals surface area contributed by atoms with Gasteiger partial charge in [-0.25, -0.2) is 13.4 Å². The van der Waals surface area contributed by atoms with Gasteiger partial charge in [0.05, 0.1) is 18.6 Å². The second kappa shape index (κ2) is 8.07. The van der Waals surface area contributed by atoms with Crippen LogP contribution in [0.1, 0.15) is 33.1 Å². The Kier molecular flexibility index (Phi) is 6.31. The zero-order valence-corrected chi connectivity index (χ0v) is 15.3. The van der Waals surface area contributed by atoms with Crippen LogP contribution in [0.5, 0.6) is 0 Å². The van der Waals surface area contributed by atoms with Gasteiger partial charge in [0.2, 0.25) is 11.1 Å². The maximum absolute atomic E-state index is 12.5. The van der Waals surface area contributed by atoms with E-state index >= 15 is 0 Å². The molecule has 9 nitrogen and oxygen atoms in total. The lowest BCUT2D eigenvalue weighted by Gasteiger charge is -2.20. The van der Waals surface area contributed by atoms with Crippen molar-refractivity contribution in [3.63, 3.8) is 0 Å². The Morgan fingerprint density at radius 2 is 2.24 bits per heavy atom. The van der Waals surface area contributed by atoms with Crippen LogP contribution in [0.25, 0.3) is 0 Å². The first-order chi connectivity index (χ1) is 11.7. The van der Waals surface area contributed by atoms with Gasteiger partial charge in [0.15, 0.2) is 5.78 Å². The smallest absolute Gasteiger partial charge is 0.277 e. The summed E-state index contributed by atoms with van der Waals surface area (Å²) in [4.78, 5) is 30.9. The molecule has 1 fully saturated rings. The molecule has 1 saturated heterocycles. The van der Waals surface area contributed by atoms with E-state index in [2.05, 4.69) is 15.3 Å². The number of nitrogens with two attached hydrogens (primary N) is 1. The van der Waals surface area contributed by atoms with E-state index in [4.69, 9.17) is 5.73 Å². The Bertz CT molecular complexity index is 702. The molecule has 2 rings (SSSR count). The third-order valence-electron chi connectivity index (χ3n) is 4.06. The number of carbonyl (C=O) groups is 2. The molecule has 140 valence electrons. The first kappa shape index (κ1) is 19.5. The summed E-state index contributed by atoms with van der Waals surface area (Å²) in [6, 6.07) is -1.40. The summed E-state index contributed by atoms with van der Waals surface area (Å²) in [6.07, 6.45) is 4.10. The number of Topliss-reactive ketones (excluding diaryl/α,β-unsaturated/α-hetero) is 1. The summed E-state index contributed by atoms with van der Waals surface area (Å²) in [7, 11) is -3.85. The van der Waals surface area contributed by atoms with Gasteiger partial charge in [-0.05, 0) is 25.2 Å². The van der Waals surface area contributed by atoms with E-state index in [0.717, 1.165) is 4.31 Å². The minimum Gasteiger partial charge on any atom is -0.345 e. The Balaban J connectivity index is 2.03. The fraction of sp³-hybridized carbons (Fsp3) is 0.667. The summed E-state index contributed by atoms with van der Waals surface area (Å²) in [6.45, 7) is 3.81. The van der Waals surface area contributed by atoms with Crippen LogP contribution in [0.3, 0.4) is 0 Å². The van der Waals surface area contributed by atoms with Gasteiger partial charge in [-0.15, -0.1) is 0 Å². The Morgan fingerprint density at radius 1 is 1.52 bits per heavy atom. The van der Waals surface area contributed by atoms with Crippen molar-refractivity contribution in [1.82, 2.24) is 19.6 Å². The van der Waals surface area contributed by atoms with Crippen molar-refractivity contribution >= 4 is 21.7 Å². The van der Waals surface area contributed by atoms with Gasteiger partial charge in [0, 0.05) is 18.9 Å². The molecule has 0 radical (unpaired) electrons. The van der Waals surface area contributed by atoms with Gasteiger partial charge < -0.3 is 16.0 Å². The molecule has 1 aliphatic rings. The molecule has 1 aromatic heterocycles. The second-order valence-corrected chi connectivity index (χ2v) is 8.49. The highest BCUT2D eigenvalue weighted by Crippen LogP contribution is 2.17. The van der Waals surface area contributed by atoms with Crippen molar-refractivity contribution in [1.29, 1.82) is 0 Å². The van der Waals surface area contributed by atoms with Gasteiger partial charge in [-0.2, -0.15) is 4.31 Å². The van der Waals surface area contributed by atoms with E-state index in [0.29, 0.717) is 19.3 Å². The maximum atomic E-state index is 12.5. The first-order valence-electron chi connectivity index (χ1n) is 8.30. The number of imidazole rings is 1. The summed E-state index contributed by atoms with van der Waals surface area (Å²) in [5.74, 6) is -0.466. The number of ketones is 1. The number of nitrogens with one attached hydrogen (secondary N) is 2. The maximum Gasteiger partial charge on any atom is 0.277 e. The molecule has 25 heavy (non-hydrogen) atoms. The number of hydrogen-bond acceptors (Lipinski definition) is 6. The van der Waals surface area contributed by atoms with Crippen LogP contribution in [-0.2, 0) is 19.6 Å². The van der Waals surface area contributed by atoms with Crippen molar-refractivity contribution in [3.8, 4) is 0 Å². The molecule has 2 heterocycles. The van der Waals surface area contributed by atoms with Crippen molar-refractivity contribution in [2.75, 3.05) is 13.1 Å². The van der Waals surface area contributed by atoms with Crippen molar-refractivity contribution < 1.29 is 18.0 Å². The summed E-state index contributed by atoms with van der Waals surface area (Å²) in [5, 5.41) is 2.47. The van der Waals surface area contributed by atoms with E-state index in [1.165, 1.54) is 12.4 Å². The normalized spacial score (nSPS) is 21.1. The van der Waals surface area contributed by atoms with Gasteiger partial charge in [0.1, 0.15) is 0 Å². The highest BCUT2D eigenvalue weighted by molar-refractivity contribution is 7.89. The SMILES string of the molecule is CC(C)C[C@H](N)C(=O)NC1CCCN(S(=O)(=O)c2ncc[nH]2)CC1=O. The van der Waals surface area contributed by atoms with Crippen LogP contribution >= 0.6 is 0 Å². The fourth-order valence-electron chi connectivity index (χ4n) is 2.76. The van der Waals surface area contributed by atoms with Crippen LogP contribution in [0.4, 0.5) is 0 Å². The molecule has 1 aromatic rings. The standard InChI is InChI=1S/C15H25N5O4S/c1-10(2)8-11(16)14(22)19-12-4-3-7-20(9-13(12)21)25(23,24)15-17-5-6-18-15/h5-6,10-12H,3-4,7-9,16H2,1-2H3,(H,17,18)(H,19,22)/t11-,12?/m0/s1. The lowest BCUT2D eigenvalue weighted by molar-refractivity contribution is -0.128. The number of H-pyrrole nitrogens is 1. The lowest BCUT2D eigenvalue weighted by Crippen LogP contribution is -2.50. The average Bonchev–Trinajstić information content (AvgIpc) is 3.00. The van der Waals surface area contributed by atoms with Gasteiger partial charge in [-0.1, -0.05) is 13.8 Å². The Hall–Kier alpha value is -1.78. The first-order valence-corrected chi connectivity index (χ1v) is 9.74. The number of sulfonamides is 1. The van der Waals surface area contributed by atoms with Crippen LogP contribution in [-0.4, -0.2) is 59.6 Å². The van der Waals surface area contributed by atoms with Crippen LogP contribution in [0.2, 0.25) is 0 Å². The largest absolute Gasteiger partial charge is 0.345 e. The molecular weight excluding hydrogens is 346 g/mol.